The van der Waals surface area contributed by atoms with E-state index in [0.717, 1.165) is 74.3 Å². The van der Waals surface area contributed by atoms with Crippen LogP contribution in [0.4, 0.5) is 0 Å². The highest BCUT2D eigenvalue weighted by atomic mass is 79.9. The summed E-state index contributed by atoms with van der Waals surface area (Å²) in [6, 6.07) is 42.9. The van der Waals surface area contributed by atoms with Crippen molar-refractivity contribution >= 4 is 86.9 Å². The number of aryl methyl sites for hydroxylation is 2. The largest absolute Gasteiger partial charge is 0.422 e. The molecule has 50 heavy (non-hydrogen) atoms. The summed E-state index contributed by atoms with van der Waals surface area (Å²) in [5, 5.41) is 6.84. The quantitative estimate of drug-likeness (QED) is 0.0992. The third-order valence-corrected chi connectivity index (χ3v) is 10.1. The second-order valence-corrected chi connectivity index (χ2v) is 14.2. The second-order valence-electron chi connectivity index (χ2n) is 12.4. The predicted molar refractivity (Wildman–Crippen MR) is 210 cm³/mol. The third kappa shape index (κ3) is 5.64. The van der Waals surface area contributed by atoms with E-state index in [4.69, 9.17) is 9.47 Å². The molecule has 0 atom stereocenters. The molecule has 0 radical (unpaired) electrons. The van der Waals surface area contributed by atoms with E-state index in [1.165, 1.54) is 0 Å². The van der Waals surface area contributed by atoms with Crippen LogP contribution >= 0.6 is 31.9 Å². The predicted octanol–water partition coefficient (Wildman–Crippen LogP) is 12.5. The average Bonchev–Trinajstić information content (AvgIpc) is 3.12. The van der Waals surface area contributed by atoms with Crippen LogP contribution in [0.2, 0.25) is 0 Å². The van der Waals surface area contributed by atoms with Gasteiger partial charge in [-0.15, -0.1) is 0 Å². The van der Waals surface area contributed by atoms with E-state index in [-0.39, 0.29) is 0 Å². The normalized spacial score (nSPS) is 11.4. The van der Waals surface area contributed by atoms with Gasteiger partial charge in [0, 0.05) is 30.5 Å². The number of hydrogen-bond acceptors (Lipinski definition) is 4. The number of esters is 2. The molecule has 0 aliphatic heterocycles. The summed E-state index contributed by atoms with van der Waals surface area (Å²) >= 11 is 7.45. The molecule has 6 heteroatoms. The Bertz CT molecular complexity index is 2470. The monoisotopic (exact) mass is 778 g/mol. The maximum absolute atomic E-state index is 13.6. The molecule has 0 saturated carbocycles. The van der Waals surface area contributed by atoms with Crippen molar-refractivity contribution in [1.82, 2.24) is 0 Å². The molecule has 0 unspecified atom stereocenters. The van der Waals surface area contributed by atoms with Gasteiger partial charge in [-0.2, -0.15) is 0 Å². The van der Waals surface area contributed by atoms with Gasteiger partial charge >= 0.3 is 11.9 Å². The van der Waals surface area contributed by atoms with Crippen LogP contribution in [0, 0.1) is 13.8 Å². The Hall–Kier alpha value is -5.30. The Kier molecular flexibility index (Phi) is 8.22. The minimum absolute atomic E-state index is 0.424. The number of carbonyl (C=O) groups is 2. The van der Waals surface area contributed by atoms with Gasteiger partial charge in [0.15, 0.2) is 0 Å². The van der Waals surface area contributed by atoms with Crippen LogP contribution in [0.3, 0.4) is 0 Å². The number of halogens is 2. The van der Waals surface area contributed by atoms with E-state index < -0.39 is 11.9 Å². The molecule has 0 bridgehead atoms. The first kappa shape index (κ1) is 31.9. The summed E-state index contributed by atoms with van der Waals surface area (Å²) in [6.07, 6.45) is 0. The van der Waals surface area contributed by atoms with E-state index in [1.54, 1.807) is 24.3 Å². The highest BCUT2D eigenvalue weighted by Crippen LogP contribution is 2.50. The van der Waals surface area contributed by atoms with Gasteiger partial charge in [0.2, 0.25) is 0 Å². The molecule has 8 rings (SSSR count). The molecule has 0 spiro atoms. The van der Waals surface area contributed by atoms with E-state index in [9.17, 15) is 9.59 Å². The molecule has 0 amide bonds. The summed E-state index contributed by atoms with van der Waals surface area (Å²) in [7, 11) is 0. The zero-order chi connectivity index (χ0) is 34.5. The molecular weight excluding hydrogens is 752 g/mol. The van der Waals surface area contributed by atoms with Gasteiger partial charge < -0.3 is 9.47 Å². The van der Waals surface area contributed by atoms with E-state index >= 15 is 0 Å². The zero-order valence-corrected chi connectivity index (χ0v) is 30.3. The lowest BCUT2D eigenvalue weighted by Gasteiger charge is -2.21. The zero-order valence-electron chi connectivity index (χ0n) is 27.1. The van der Waals surface area contributed by atoms with Crippen molar-refractivity contribution in [2.24, 2.45) is 0 Å². The van der Waals surface area contributed by atoms with Crippen molar-refractivity contribution in [2.75, 3.05) is 0 Å². The van der Waals surface area contributed by atoms with Crippen LogP contribution < -0.4 is 9.47 Å². The molecule has 242 valence electrons. The van der Waals surface area contributed by atoms with Crippen molar-refractivity contribution in [2.45, 2.75) is 13.8 Å². The minimum Gasteiger partial charge on any atom is -0.422 e. The Morgan fingerprint density at radius 3 is 1.14 bits per heavy atom. The number of ether oxygens (including phenoxy) is 2. The van der Waals surface area contributed by atoms with Gasteiger partial charge in [-0.1, -0.05) is 116 Å². The van der Waals surface area contributed by atoms with Crippen LogP contribution in [-0.4, -0.2) is 11.9 Å². The number of hydrogen-bond donors (Lipinski definition) is 0. The smallest absolute Gasteiger partial charge is 0.343 e. The Labute approximate surface area is 305 Å². The molecule has 0 aliphatic carbocycles. The maximum atomic E-state index is 13.6. The minimum atomic E-state index is -0.424. The van der Waals surface area contributed by atoms with Gasteiger partial charge in [0.1, 0.15) is 11.5 Å². The van der Waals surface area contributed by atoms with Crippen LogP contribution in [0.1, 0.15) is 31.8 Å². The van der Waals surface area contributed by atoms with Crippen LogP contribution in [0.25, 0.3) is 54.2 Å². The van der Waals surface area contributed by atoms with Gasteiger partial charge in [-0.05, 0) is 107 Å². The lowest BCUT2D eigenvalue weighted by atomic mass is 9.85. The molecule has 0 aromatic heterocycles. The van der Waals surface area contributed by atoms with Gasteiger partial charge in [-0.3, -0.25) is 0 Å². The summed E-state index contributed by atoms with van der Waals surface area (Å²) < 4.78 is 14.3. The Morgan fingerprint density at radius 1 is 0.420 bits per heavy atom. The molecule has 0 heterocycles. The molecule has 4 nitrogen and oxygen atoms in total. The number of benzene rings is 8. The third-order valence-electron chi connectivity index (χ3n) is 9.09. The second kappa shape index (κ2) is 12.9. The van der Waals surface area contributed by atoms with Crippen LogP contribution in [0.15, 0.2) is 142 Å². The standard InChI is InChI=1S/C44H28Br2O4/c1-25-11-15-27(16-12-25)43(47)49-41-33-9-5-3-7-31(33)39(37-23-29(45)19-21-35(37)41)40-32-8-4-6-10-34(32)42(36-22-20-30(46)24-38(36)40)50-44(48)28-17-13-26(2)14-18-28/h3-24H,1-2H3. The van der Waals surface area contributed by atoms with Crippen molar-refractivity contribution in [1.29, 1.82) is 0 Å². The first-order valence-corrected chi connectivity index (χ1v) is 17.7. The van der Waals surface area contributed by atoms with Crippen LogP contribution in [0.5, 0.6) is 11.5 Å². The number of fused-ring (bicyclic) bond motifs is 4. The fourth-order valence-electron chi connectivity index (χ4n) is 6.66. The first-order valence-electron chi connectivity index (χ1n) is 16.1. The fourth-order valence-corrected chi connectivity index (χ4v) is 7.38. The van der Waals surface area contributed by atoms with Crippen molar-refractivity contribution in [3.05, 3.63) is 165 Å². The molecule has 0 aliphatic rings. The van der Waals surface area contributed by atoms with E-state index in [0.29, 0.717) is 22.6 Å². The van der Waals surface area contributed by atoms with Gasteiger partial charge in [0.05, 0.1) is 11.1 Å². The van der Waals surface area contributed by atoms with E-state index in [2.05, 4.69) is 56.1 Å². The molecule has 8 aromatic rings. The van der Waals surface area contributed by atoms with Crippen LogP contribution in [-0.2, 0) is 0 Å². The Morgan fingerprint density at radius 2 is 0.760 bits per heavy atom. The molecule has 8 aromatic carbocycles. The van der Waals surface area contributed by atoms with Crippen molar-refractivity contribution in [3.8, 4) is 22.6 Å². The average molecular weight is 781 g/mol. The highest BCUT2D eigenvalue weighted by molar-refractivity contribution is 9.10. The van der Waals surface area contributed by atoms with Crippen molar-refractivity contribution in [3.63, 3.8) is 0 Å². The Balaban J connectivity index is 1.43. The maximum Gasteiger partial charge on any atom is 0.343 e. The topological polar surface area (TPSA) is 52.6 Å². The molecule has 0 fully saturated rings. The van der Waals surface area contributed by atoms with Gasteiger partial charge in [-0.25, -0.2) is 9.59 Å². The first-order chi connectivity index (χ1) is 24.3. The molecule has 0 saturated heterocycles. The molecule has 0 N–H and O–H groups in total. The lowest BCUT2D eigenvalue weighted by Crippen LogP contribution is -2.10. The fraction of sp³-hybridized carbons (Fsp3) is 0.0455. The molecular formula is C44H28Br2O4. The SMILES string of the molecule is Cc1ccc(C(=O)Oc2c3ccccc3c(-c3c4ccccc4c(OC(=O)c4ccc(C)cc4)c4ccc(Br)cc34)c3cc(Br)ccc23)cc1. The van der Waals surface area contributed by atoms with Crippen molar-refractivity contribution < 1.29 is 19.1 Å². The number of rotatable bonds is 5. The summed E-state index contributed by atoms with van der Waals surface area (Å²) in [6.45, 7) is 3.97. The number of carbonyl (C=O) groups excluding carboxylic acids is 2. The summed E-state index contributed by atoms with van der Waals surface area (Å²) in [4.78, 5) is 27.2. The lowest BCUT2D eigenvalue weighted by molar-refractivity contribution is 0.0730. The van der Waals surface area contributed by atoms with Gasteiger partial charge in [0.25, 0.3) is 0 Å². The van der Waals surface area contributed by atoms with E-state index in [1.807, 2.05) is 98.8 Å². The highest BCUT2D eigenvalue weighted by Gasteiger charge is 2.25. The summed E-state index contributed by atoms with van der Waals surface area (Å²) in [5.74, 6) is 0.144. The summed E-state index contributed by atoms with van der Waals surface area (Å²) in [5.41, 5.74) is 5.03.